The number of hydrogen-bond donors (Lipinski definition) is 0. The summed E-state index contributed by atoms with van der Waals surface area (Å²) < 4.78 is 4.88. The van der Waals surface area contributed by atoms with Crippen molar-refractivity contribution in [2.75, 3.05) is 0 Å². The zero-order valence-corrected chi connectivity index (χ0v) is 28.0. The average molecular weight is 670 g/mol. The number of rotatable bonds is 4. The summed E-state index contributed by atoms with van der Waals surface area (Å²) in [5.41, 5.74) is 8.70. The Morgan fingerprint density at radius 1 is 0.431 bits per heavy atom. The number of benzene rings is 7. The predicted octanol–water partition coefficient (Wildman–Crippen LogP) is 11.5. The quantitative estimate of drug-likeness (QED) is 0.187. The van der Waals surface area contributed by atoms with Gasteiger partial charge in [0.2, 0.25) is 0 Å². The minimum Gasteiger partial charge on any atom is -0.295 e. The van der Waals surface area contributed by atoms with Gasteiger partial charge in [0.25, 0.3) is 0 Å². The van der Waals surface area contributed by atoms with E-state index < -0.39 is 0 Å². The highest BCUT2D eigenvalue weighted by molar-refractivity contribution is 7.99. The maximum Gasteiger partial charge on any atom is 0.164 e. The molecule has 0 saturated carbocycles. The van der Waals surface area contributed by atoms with E-state index in [1.807, 2.05) is 30.0 Å². The van der Waals surface area contributed by atoms with E-state index in [-0.39, 0.29) is 0 Å². The molecular weight excluding hydrogens is 643 g/mol. The van der Waals surface area contributed by atoms with Gasteiger partial charge < -0.3 is 0 Å². The summed E-state index contributed by atoms with van der Waals surface area (Å²) in [6.07, 6.45) is 0. The van der Waals surface area contributed by atoms with Crippen LogP contribution in [0.3, 0.4) is 0 Å². The van der Waals surface area contributed by atoms with Crippen molar-refractivity contribution < 1.29 is 0 Å². The van der Waals surface area contributed by atoms with Crippen LogP contribution in [0.25, 0.3) is 89.2 Å². The van der Waals surface area contributed by atoms with Crippen LogP contribution in [0.15, 0.2) is 174 Å². The van der Waals surface area contributed by atoms with Crippen LogP contribution in [-0.4, -0.2) is 24.1 Å². The van der Waals surface area contributed by atoms with E-state index in [1.165, 1.54) is 37.2 Å². The second kappa shape index (κ2) is 11.0. The highest BCUT2D eigenvalue weighted by atomic mass is 32.2. The van der Waals surface area contributed by atoms with Gasteiger partial charge in [-0.25, -0.2) is 15.0 Å². The molecule has 1 aliphatic rings. The van der Waals surface area contributed by atoms with Gasteiger partial charge in [0.15, 0.2) is 17.5 Å². The highest BCUT2D eigenvalue weighted by Gasteiger charge is 2.28. The van der Waals surface area contributed by atoms with Gasteiger partial charge in [0, 0.05) is 48.3 Å². The van der Waals surface area contributed by atoms with E-state index in [2.05, 4.69) is 155 Å². The second-order valence-electron chi connectivity index (χ2n) is 12.9. The number of nitrogens with zero attached hydrogens (tertiary/aromatic N) is 5. The number of para-hydroxylation sites is 3. The fourth-order valence-electron chi connectivity index (χ4n) is 7.64. The molecule has 0 unspecified atom stereocenters. The molecule has 5 nitrogen and oxygen atoms in total. The molecule has 0 radical (unpaired) electrons. The fraction of sp³-hybridized carbons (Fsp3) is 0. The Kier molecular flexibility index (Phi) is 6.12. The lowest BCUT2D eigenvalue weighted by atomic mass is 10.1. The van der Waals surface area contributed by atoms with Gasteiger partial charge >= 0.3 is 0 Å². The van der Waals surface area contributed by atoms with Gasteiger partial charge in [-0.15, -0.1) is 0 Å². The van der Waals surface area contributed by atoms with E-state index in [1.54, 1.807) is 0 Å². The van der Waals surface area contributed by atoms with Crippen molar-refractivity contribution >= 4 is 55.4 Å². The summed E-state index contributed by atoms with van der Waals surface area (Å²) in [7, 11) is 0. The molecule has 0 atom stereocenters. The molecule has 0 aliphatic carbocycles. The van der Waals surface area contributed by atoms with Crippen LogP contribution in [0.1, 0.15) is 0 Å². The predicted molar refractivity (Wildman–Crippen MR) is 209 cm³/mol. The second-order valence-corrected chi connectivity index (χ2v) is 14.0. The van der Waals surface area contributed by atoms with Crippen molar-refractivity contribution in [1.29, 1.82) is 0 Å². The molecule has 6 heteroatoms. The molecule has 0 N–H and O–H groups in total. The molecule has 51 heavy (non-hydrogen) atoms. The first kappa shape index (κ1) is 28.3. The Bertz CT molecular complexity index is 3000. The molecule has 0 bridgehead atoms. The molecule has 3 aromatic heterocycles. The summed E-state index contributed by atoms with van der Waals surface area (Å²) in [5, 5.41) is 5.95. The summed E-state index contributed by atoms with van der Waals surface area (Å²) >= 11 is 1.84. The summed E-state index contributed by atoms with van der Waals surface area (Å²) in [4.78, 5) is 17.8. The lowest BCUT2D eigenvalue weighted by Gasteiger charge is -2.21. The van der Waals surface area contributed by atoms with E-state index in [0.717, 1.165) is 44.3 Å². The molecule has 10 aromatic rings. The number of fused-ring (bicyclic) bond motifs is 8. The molecule has 238 valence electrons. The molecule has 4 heterocycles. The summed E-state index contributed by atoms with van der Waals surface area (Å²) in [5.74, 6) is 1.94. The largest absolute Gasteiger partial charge is 0.295 e. The molecule has 0 amide bonds. The molecule has 0 spiro atoms. The van der Waals surface area contributed by atoms with Gasteiger partial charge in [-0.1, -0.05) is 121 Å². The highest BCUT2D eigenvalue weighted by Crippen LogP contribution is 2.49. The van der Waals surface area contributed by atoms with Crippen LogP contribution in [0.4, 0.5) is 0 Å². The average Bonchev–Trinajstić information content (AvgIpc) is 3.72. The van der Waals surface area contributed by atoms with Crippen molar-refractivity contribution in [3.8, 4) is 45.5 Å². The first-order chi connectivity index (χ1) is 25.3. The number of hydrogen-bond acceptors (Lipinski definition) is 4. The Morgan fingerprint density at radius 3 is 1.90 bits per heavy atom. The molecule has 0 fully saturated rings. The Hall–Kier alpha value is -6.50. The third kappa shape index (κ3) is 4.33. The third-order valence-corrected chi connectivity index (χ3v) is 11.0. The Morgan fingerprint density at radius 2 is 1.08 bits per heavy atom. The topological polar surface area (TPSA) is 48.5 Å². The lowest BCUT2D eigenvalue weighted by Crippen LogP contribution is -2.05. The van der Waals surface area contributed by atoms with Crippen molar-refractivity contribution in [1.82, 2.24) is 24.1 Å². The van der Waals surface area contributed by atoms with Crippen LogP contribution in [0.2, 0.25) is 0 Å². The van der Waals surface area contributed by atoms with E-state index in [9.17, 15) is 0 Å². The SMILES string of the molecule is c1ccc(-c2nc(-c3ccc4ccccc4c3)nc(-c3ccc4c(c3)c3c5cccc6c5n(c3n4-c3ccccc3)-c3ccccc3S6)n2)cc1. The van der Waals surface area contributed by atoms with Gasteiger partial charge in [-0.3, -0.25) is 9.13 Å². The third-order valence-electron chi connectivity index (χ3n) is 9.92. The molecular formula is C45H27N5S. The maximum absolute atomic E-state index is 5.16. The van der Waals surface area contributed by atoms with Crippen LogP contribution in [-0.2, 0) is 0 Å². The zero-order chi connectivity index (χ0) is 33.5. The monoisotopic (exact) mass is 669 g/mol. The normalized spacial score (nSPS) is 12.2. The first-order valence-corrected chi connectivity index (χ1v) is 17.9. The van der Waals surface area contributed by atoms with E-state index in [0.29, 0.717) is 17.5 Å². The van der Waals surface area contributed by atoms with Crippen LogP contribution >= 0.6 is 11.8 Å². The minimum atomic E-state index is 0.643. The van der Waals surface area contributed by atoms with E-state index in [4.69, 9.17) is 15.0 Å². The maximum atomic E-state index is 5.16. The van der Waals surface area contributed by atoms with Crippen LogP contribution in [0, 0.1) is 0 Å². The van der Waals surface area contributed by atoms with Crippen molar-refractivity contribution in [3.05, 3.63) is 164 Å². The Balaban J connectivity index is 1.21. The van der Waals surface area contributed by atoms with Gasteiger partial charge in [-0.05, 0) is 65.4 Å². The van der Waals surface area contributed by atoms with Crippen LogP contribution in [0.5, 0.6) is 0 Å². The standard InChI is InChI=1S/C45H27N5S/c1-3-13-29(14-4-1)42-46-43(31-23-22-28-12-7-8-15-30(28)26-31)48-44(47-42)32-24-25-36-35(27-32)40-34-18-11-21-39-41(34)50(37-19-9-10-20-38(37)51-39)45(40)49(36)33-16-5-2-6-17-33/h1-27H. The van der Waals surface area contributed by atoms with Crippen molar-refractivity contribution in [2.24, 2.45) is 0 Å². The lowest BCUT2D eigenvalue weighted by molar-refractivity contribution is 1.03. The molecule has 0 saturated heterocycles. The van der Waals surface area contributed by atoms with Gasteiger partial charge in [-0.2, -0.15) is 0 Å². The fourth-order valence-corrected chi connectivity index (χ4v) is 8.73. The summed E-state index contributed by atoms with van der Waals surface area (Å²) in [6, 6.07) is 57.7. The van der Waals surface area contributed by atoms with E-state index >= 15 is 0 Å². The number of aromatic nitrogens is 5. The molecule has 1 aliphatic heterocycles. The smallest absolute Gasteiger partial charge is 0.164 e. The van der Waals surface area contributed by atoms with Gasteiger partial charge in [0.05, 0.1) is 16.7 Å². The minimum absolute atomic E-state index is 0.643. The first-order valence-electron chi connectivity index (χ1n) is 17.0. The molecule has 7 aromatic carbocycles. The van der Waals surface area contributed by atoms with Crippen molar-refractivity contribution in [2.45, 2.75) is 9.79 Å². The van der Waals surface area contributed by atoms with Crippen LogP contribution < -0.4 is 0 Å². The summed E-state index contributed by atoms with van der Waals surface area (Å²) in [6.45, 7) is 0. The molecule has 11 rings (SSSR count). The van der Waals surface area contributed by atoms with Crippen molar-refractivity contribution in [3.63, 3.8) is 0 Å². The zero-order valence-electron chi connectivity index (χ0n) is 27.2. The van der Waals surface area contributed by atoms with Gasteiger partial charge in [0.1, 0.15) is 5.65 Å². The Labute approximate surface area is 297 Å².